The topological polar surface area (TPSA) is 89.9 Å². The van der Waals surface area contributed by atoms with E-state index in [2.05, 4.69) is 0 Å². The molecule has 2 amide bonds. The van der Waals surface area contributed by atoms with E-state index >= 15 is 0 Å². The Labute approximate surface area is 101 Å². The molecule has 0 aliphatic carbocycles. The number of nitrogens with one attached hydrogen (secondary N) is 1. The Kier molecular flexibility index (Phi) is 5.40. The number of carbonyl (C=O) groups excluding carboxylic acids is 1. The molecule has 106 valence electrons. The van der Waals surface area contributed by atoms with Crippen LogP contribution in [0.15, 0.2) is 0 Å². The highest BCUT2D eigenvalue weighted by atomic mass is 19.4. The number of carboxylic acid groups (broad SMARTS) is 1. The van der Waals surface area contributed by atoms with Gasteiger partial charge < -0.3 is 20.4 Å². The van der Waals surface area contributed by atoms with Crippen molar-refractivity contribution in [3.63, 3.8) is 0 Å². The number of likely N-dealkylation sites (N-methyl/N-ethyl adjacent to an activating group) is 1. The maximum Gasteiger partial charge on any atom is 0.422 e. The second kappa shape index (κ2) is 5.89. The first-order valence-electron chi connectivity index (χ1n) is 5.08. The van der Waals surface area contributed by atoms with E-state index in [0.29, 0.717) is 6.92 Å². The molecule has 0 spiro atoms. The highest BCUT2D eigenvalue weighted by Gasteiger charge is 2.58. The summed E-state index contributed by atoms with van der Waals surface area (Å²) in [5.74, 6) is -2.21. The standard InChI is InChI=1S/C9H15F3N2O4/c1-3-14(4-5-15)7(18)13-8(2,6(16)17)9(10,11)12/h15H,3-5H2,1-2H3,(H,13,18)(H,16,17). The number of carboxylic acids is 1. The minimum Gasteiger partial charge on any atom is -0.479 e. The van der Waals surface area contributed by atoms with Gasteiger partial charge in [-0.05, 0) is 13.8 Å². The molecular weight excluding hydrogens is 257 g/mol. The fourth-order valence-electron chi connectivity index (χ4n) is 1.06. The third-order valence-corrected chi connectivity index (χ3v) is 2.39. The first-order chi connectivity index (χ1) is 8.10. The smallest absolute Gasteiger partial charge is 0.422 e. The molecule has 0 rings (SSSR count). The van der Waals surface area contributed by atoms with E-state index in [9.17, 15) is 22.8 Å². The van der Waals surface area contributed by atoms with E-state index in [1.165, 1.54) is 12.2 Å². The molecule has 0 saturated heterocycles. The van der Waals surface area contributed by atoms with E-state index < -0.39 is 30.3 Å². The summed E-state index contributed by atoms with van der Waals surface area (Å²) < 4.78 is 37.8. The van der Waals surface area contributed by atoms with Crippen molar-refractivity contribution < 1.29 is 33.0 Å². The molecule has 0 radical (unpaired) electrons. The lowest BCUT2D eigenvalue weighted by molar-refractivity contribution is -0.203. The van der Waals surface area contributed by atoms with E-state index in [1.54, 1.807) is 0 Å². The van der Waals surface area contributed by atoms with Crippen LogP contribution in [0, 0.1) is 0 Å². The second-order valence-corrected chi connectivity index (χ2v) is 3.66. The average Bonchev–Trinajstić information content (AvgIpc) is 2.23. The highest BCUT2D eigenvalue weighted by Crippen LogP contribution is 2.30. The zero-order valence-corrected chi connectivity index (χ0v) is 9.91. The molecule has 1 unspecified atom stereocenters. The van der Waals surface area contributed by atoms with Crippen LogP contribution in [-0.4, -0.2) is 58.5 Å². The van der Waals surface area contributed by atoms with Crippen molar-refractivity contribution in [3.8, 4) is 0 Å². The number of alkyl halides is 3. The van der Waals surface area contributed by atoms with Crippen molar-refractivity contribution >= 4 is 12.0 Å². The Hall–Kier alpha value is -1.51. The number of aliphatic carboxylic acids is 1. The van der Waals surface area contributed by atoms with Gasteiger partial charge in [-0.2, -0.15) is 13.2 Å². The lowest BCUT2D eigenvalue weighted by Gasteiger charge is -2.31. The van der Waals surface area contributed by atoms with E-state index in [-0.39, 0.29) is 13.1 Å². The molecule has 3 N–H and O–H groups in total. The predicted octanol–water partition coefficient (Wildman–Crippen LogP) is 0.416. The van der Waals surface area contributed by atoms with Crippen LogP contribution in [0.1, 0.15) is 13.8 Å². The van der Waals surface area contributed by atoms with Gasteiger partial charge in [0.1, 0.15) is 0 Å². The SMILES string of the molecule is CCN(CCO)C(=O)NC(C)(C(=O)O)C(F)(F)F. The summed E-state index contributed by atoms with van der Waals surface area (Å²) >= 11 is 0. The quantitative estimate of drug-likeness (QED) is 0.676. The Morgan fingerprint density at radius 2 is 1.83 bits per heavy atom. The number of urea groups is 1. The number of aliphatic hydroxyl groups excluding tert-OH is 1. The molecule has 1 atom stereocenters. The molecule has 0 aromatic carbocycles. The van der Waals surface area contributed by atoms with Crippen LogP contribution in [0.3, 0.4) is 0 Å². The molecule has 0 saturated carbocycles. The molecule has 0 fully saturated rings. The number of hydrogen-bond donors (Lipinski definition) is 3. The van der Waals surface area contributed by atoms with Crippen molar-refractivity contribution in [2.75, 3.05) is 19.7 Å². The van der Waals surface area contributed by atoms with Crippen LogP contribution in [0.2, 0.25) is 0 Å². The van der Waals surface area contributed by atoms with Crippen molar-refractivity contribution in [1.82, 2.24) is 10.2 Å². The number of nitrogens with zero attached hydrogens (tertiary/aromatic N) is 1. The third kappa shape index (κ3) is 3.49. The van der Waals surface area contributed by atoms with Crippen molar-refractivity contribution in [1.29, 1.82) is 0 Å². The number of carbonyl (C=O) groups is 2. The largest absolute Gasteiger partial charge is 0.479 e. The number of hydrogen-bond acceptors (Lipinski definition) is 3. The normalized spacial score (nSPS) is 14.8. The van der Waals surface area contributed by atoms with E-state index in [1.807, 2.05) is 0 Å². The zero-order valence-electron chi connectivity index (χ0n) is 9.91. The van der Waals surface area contributed by atoms with Crippen LogP contribution in [0.5, 0.6) is 0 Å². The molecule has 0 aromatic rings. The van der Waals surface area contributed by atoms with Gasteiger partial charge in [0.25, 0.3) is 0 Å². The molecule has 0 heterocycles. The first kappa shape index (κ1) is 16.5. The molecule has 0 aliphatic heterocycles. The van der Waals surface area contributed by atoms with Gasteiger partial charge in [0.15, 0.2) is 0 Å². The van der Waals surface area contributed by atoms with Gasteiger partial charge in [-0.25, -0.2) is 9.59 Å². The average molecular weight is 272 g/mol. The summed E-state index contributed by atoms with van der Waals surface area (Å²) in [6.45, 7) is 1.27. The van der Waals surface area contributed by atoms with Gasteiger partial charge in [0, 0.05) is 13.1 Å². The summed E-state index contributed by atoms with van der Waals surface area (Å²) in [4.78, 5) is 23.0. The highest BCUT2D eigenvalue weighted by molar-refractivity contribution is 5.86. The number of halogens is 3. The molecule has 6 nitrogen and oxygen atoms in total. The summed E-state index contributed by atoms with van der Waals surface area (Å²) in [5, 5.41) is 18.6. The lowest BCUT2D eigenvalue weighted by atomic mass is 10.0. The number of aliphatic hydroxyl groups is 1. The van der Waals surface area contributed by atoms with Crippen molar-refractivity contribution in [2.24, 2.45) is 0 Å². The van der Waals surface area contributed by atoms with Gasteiger partial charge >= 0.3 is 18.2 Å². The van der Waals surface area contributed by atoms with Crippen molar-refractivity contribution in [2.45, 2.75) is 25.6 Å². The summed E-state index contributed by atoms with van der Waals surface area (Å²) in [5.41, 5.74) is -3.37. The van der Waals surface area contributed by atoms with Crippen LogP contribution in [0.25, 0.3) is 0 Å². The summed E-state index contributed by atoms with van der Waals surface area (Å²) in [6.07, 6.45) is -5.13. The van der Waals surface area contributed by atoms with E-state index in [0.717, 1.165) is 4.90 Å². The Bertz CT molecular complexity index is 321. The van der Waals surface area contributed by atoms with Gasteiger partial charge in [0.2, 0.25) is 5.54 Å². The molecule has 0 aliphatic rings. The predicted molar refractivity (Wildman–Crippen MR) is 55.0 cm³/mol. The molecular formula is C9H15F3N2O4. The Morgan fingerprint density at radius 1 is 1.33 bits per heavy atom. The Morgan fingerprint density at radius 3 is 2.11 bits per heavy atom. The monoisotopic (exact) mass is 272 g/mol. The van der Waals surface area contributed by atoms with Gasteiger partial charge in [-0.3, -0.25) is 0 Å². The van der Waals surface area contributed by atoms with Gasteiger partial charge in [0.05, 0.1) is 6.61 Å². The molecule has 18 heavy (non-hydrogen) atoms. The molecule has 0 bridgehead atoms. The number of rotatable bonds is 5. The van der Waals surface area contributed by atoms with Crippen LogP contribution < -0.4 is 5.32 Å². The van der Waals surface area contributed by atoms with Crippen molar-refractivity contribution in [3.05, 3.63) is 0 Å². The van der Waals surface area contributed by atoms with E-state index in [4.69, 9.17) is 10.2 Å². The van der Waals surface area contributed by atoms with Gasteiger partial charge in [-0.15, -0.1) is 0 Å². The maximum absolute atomic E-state index is 12.6. The van der Waals surface area contributed by atoms with Crippen LogP contribution >= 0.6 is 0 Å². The molecule has 0 aromatic heterocycles. The van der Waals surface area contributed by atoms with Gasteiger partial charge in [-0.1, -0.05) is 0 Å². The van der Waals surface area contributed by atoms with Crippen LogP contribution in [0.4, 0.5) is 18.0 Å². The zero-order chi connectivity index (χ0) is 14.6. The second-order valence-electron chi connectivity index (χ2n) is 3.66. The summed E-state index contributed by atoms with van der Waals surface area (Å²) in [7, 11) is 0. The fraction of sp³-hybridized carbons (Fsp3) is 0.778. The number of amides is 2. The minimum atomic E-state index is -5.13. The lowest BCUT2D eigenvalue weighted by Crippen LogP contribution is -2.64. The van der Waals surface area contributed by atoms with Crippen LogP contribution in [-0.2, 0) is 4.79 Å². The maximum atomic E-state index is 12.6. The minimum absolute atomic E-state index is 0.0416. The third-order valence-electron chi connectivity index (χ3n) is 2.39. The summed E-state index contributed by atoms with van der Waals surface area (Å²) in [6, 6.07) is -1.20. The Balaban J connectivity index is 5.02. The fourth-order valence-corrected chi connectivity index (χ4v) is 1.06. The molecule has 9 heteroatoms. The first-order valence-corrected chi connectivity index (χ1v) is 5.08.